The first kappa shape index (κ1) is 13.3. The first-order valence-corrected chi connectivity index (χ1v) is 8.40. The van der Waals surface area contributed by atoms with E-state index in [0.29, 0.717) is 0 Å². The minimum absolute atomic E-state index is 0.279. The Morgan fingerprint density at radius 2 is 1.76 bits per heavy atom. The Kier molecular flexibility index (Phi) is 4.10. The molecular weight excluding hydrogens is 236 g/mol. The molecular formula is C12H24N2O2S. The van der Waals surface area contributed by atoms with Gasteiger partial charge in [0.05, 0.1) is 4.75 Å². The van der Waals surface area contributed by atoms with Gasteiger partial charge in [0.1, 0.15) is 0 Å². The van der Waals surface area contributed by atoms with E-state index in [-0.39, 0.29) is 5.75 Å². The van der Waals surface area contributed by atoms with E-state index in [0.717, 1.165) is 45.6 Å². The zero-order valence-corrected chi connectivity index (χ0v) is 11.6. The van der Waals surface area contributed by atoms with Crippen molar-refractivity contribution in [1.82, 2.24) is 10.2 Å². The monoisotopic (exact) mass is 260 g/mol. The van der Waals surface area contributed by atoms with E-state index in [1.54, 1.807) is 6.92 Å². The molecule has 2 aliphatic rings. The van der Waals surface area contributed by atoms with Crippen molar-refractivity contribution in [2.75, 3.05) is 38.5 Å². The molecule has 100 valence electrons. The van der Waals surface area contributed by atoms with Gasteiger partial charge in [0.15, 0.2) is 9.84 Å². The van der Waals surface area contributed by atoms with Gasteiger partial charge in [0, 0.05) is 12.3 Å². The van der Waals surface area contributed by atoms with Gasteiger partial charge in [-0.2, -0.15) is 0 Å². The molecule has 0 aromatic carbocycles. The Bertz CT molecular complexity index is 342. The Morgan fingerprint density at radius 3 is 2.29 bits per heavy atom. The van der Waals surface area contributed by atoms with E-state index >= 15 is 0 Å². The van der Waals surface area contributed by atoms with Crippen molar-refractivity contribution in [3.8, 4) is 0 Å². The van der Waals surface area contributed by atoms with Crippen molar-refractivity contribution >= 4 is 9.84 Å². The first-order chi connectivity index (χ1) is 8.10. The van der Waals surface area contributed by atoms with Gasteiger partial charge >= 0.3 is 0 Å². The Labute approximate surface area is 105 Å². The summed E-state index contributed by atoms with van der Waals surface area (Å²) in [6.45, 7) is 6.37. The third-order valence-electron chi connectivity index (χ3n) is 4.27. The first-order valence-electron chi connectivity index (χ1n) is 6.75. The lowest BCUT2D eigenvalue weighted by molar-refractivity contribution is 0.255. The average Bonchev–Trinajstić information content (AvgIpc) is 2.83. The zero-order chi connectivity index (χ0) is 12.4. The molecule has 0 unspecified atom stereocenters. The molecule has 0 aliphatic carbocycles. The molecule has 0 radical (unpaired) electrons. The predicted molar refractivity (Wildman–Crippen MR) is 70.0 cm³/mol. The molecule has 0 amide bonds. The molecule has 5 heteroatoms. The van der Waals surface area contributed by atoms with Crippen molar-refractivity contribution in [3.05, 3.63) is 0 Å². The van der Waals surface area contributed by atoms with Gasteiger partial charge in [0.2, 0.25) is 0 Å². The Balaban J connectivity index is 2.16. The fourth-order valence-corrected chi connectivity index (χ4v) is 4.92. The molecule has 2 fully saturated rings. The number of nitrogens with one attached hydrogen (secondary N) is 1. The summed E-state index contributed by atoms with van der Waals surface area (Å²) >= 11 is 0. The third kappa shape index (κ3) is 2.66. The highest BCUT2D eigenvalue weighted by molar-refractivity contribution is 7.92. The lowest BCUT2D eigenvalue weighted by atomic mass is 9.96. The number of hydrogen-bond donors (Lipinski definition) is 1. The van der Waals surface area contributed by atoms with Crippen LogP contribution in [0.15, 0.2) is 0 Å². The molecule has 2 heterocycles. The highest BCUT2D eigenvalue weighted by Crippen LogP contribution is 2.31. The summed E-state index contributed by atoms with van der Waals surface area (Å²) in [4.78, 5) is 2.35. The topological polar surface area (TPSA) is 49.4 Å². The second kappa shape index (κ2) is 5.24. The van der Waals surface area contributed by atoms with Crippen molar-refractivity contribution < 1.29 is 8.42 Å². The van der Waals surface area contributed by atoms with Crippen LogP contribution in [0.25, 0.3) is 0 Å². The van der Waals surface area contributed by atoms with E-state index < -0.39 is 14.6 Å². The minimum atomic E-state index is -2.95. The van der Waals surface area contributed by atoms with Crippen molar-refractivity contribution in [3.63, 3.8) is 0 Å². The molecule has 0 bridgehead atoms. The zero-order valence-electron chi connectivity index (χ0n) is 10.7. The molecule has 2 saturated heterocycles. The predicted octanol–water partition coefficient (Wildman–Crippen LogP) is 0.639. The number of rotatable bonds is 4. The van der Waals surface area contributed by atoms with E-state index in [9.17, 15) is 8.42 Å². The average molecular weight is 260 g/mol. The largest absolute Gasteiger partial charge is 0.317 e. The molecule has 0 saturated carbocycles. The summed E-state index contributed by atoms with van der Waals surface area (Å²) in [5, 5.41) is 3.28. The van der Waals surface area contributed by atoms with Crippen LogP contribution in [0, 0.1) is 0 Å². The van der Waals surface area contributed by atoms with Crippen LogP contribution in [0.4, 0.5) is 0 Å². The van der Waals surface area contributed by atoms with Gasteiger partial charge in [-0.3, -0.25) is 0 Å². The molecule has 0 aromatic heterocycles. The maximum absolute atomic E-state index is 12.4. The van der Waals surface area contributed by atoms with Crippen molar-refractivity contribution in [2.45, 2.75) is 37.4 Å². The summed E-state index contributed by atoms with van der Waals surface area (Å²) in [7, 11) is -2.95. The van der Waals surface area contributed by atoms with Gasteiger partial charge in [0.25, 0.3) is 0 Å². The second-order valence-electron chi connectivity index (χ2n) is 5.32. The molecule has 0 atom stereocenters. The lowest BCUT2D eigenvalue weighted by Gasteiger charge is -2.39. The number of hydrogen-bond acceptors (Lipinski definition) is 4. The summed E-state index contributed by atoms with van der Waals surface area (Å²) < 4.78 is 24.3. The maximum atomic E-state index is 12.4. The van der Waals surface area contributed by atoms with Gasteiger partial charge in [-0.15, -0.1) is 0 Å². The fraction of sp³-hybridized carbons (Fsp3) is 1.00. The van der Waals surface area contributed by atoms with Crippen LogP contribution in [0.3, 0.4) is 0 Å². The van der Waals surface area contributed by atoms with Gasteiger partial charge in [-0.05, 0) is 51.9 Å². The summed E-state index contributed by atoms with van der Waals surface area (Å²) in [5.41, 5.74) is 0. The number of likely N-dealkylation sites (tertiary alicyclic amines) is 1. The standard InChI is InChI=1S/C12H24N2O2S/c1-2-17(15,16)12(5-7-13-8-6-12)11-14-9-3-4-10-14/h13H,2-11H2,1H3. The van der Waals surface area contributed by atoms with Crippen LogP contribution in [-0.4, -0.2) is 56.5 Å². The molecule has 0 aromatic rings. The lowest BCUT2D eigenvalue weighted by Crippen LogP contribution is -2.54. The van der Waals surface area contributed by atoms with Gasteiger partial charge in [-0.1, -0.05) is 6.92 Å². The highest BCUT2D eigenvalue weighted by Gasteiger charge is 2.44. The summed E-state index contributed by atoms with van der Waals surface area (Å²) in [6, 6.07) is 0. The molecule has 2 aliphatic heterocycles. The maximum Gasteiger partial charge on any atom is 0.157 e. The normalized spacial score (nSPS) is 26.2. The minimum Gasteiger partial charge on any atom is -0.317 e. The molecule has 1 N–H and O–H groups in total. The number of nitrogens with zero attached hydrogens (tertiary/aromatic N) is 1. The van der Waals surface area contributed by atoms with Crippen LogP contribution >= 0.6 is 0 Å². The van der Waals surface area contributed by atoms with E-state index in [4.69, 9.17) is 0 Å². The Hall–Kier alpha value is -0.130. The van der Waals surface area contributed by atoms with Crippen molar-refractivity contribution in [1.29, 1.82) is 0 Å². The van der Waals surface area contributed by atoms with E-state index in [1.165, 1.54) is 12.8 Å². The second-order valence-corrected chi connectivity index (χ2v) is 7.99. The molecule has 2 rings (SSSR count). The SMILES string of the molecule is CCS(=O)(=O)C1(CN2CCCC2)CCNCC1. The van der Waals surface area contributed by atoms with Gasteiger partial charge < -0.3 is 10.2 Å². The van der Waals surface area contributed by atoms with Crippen LogP contribution in [0.1, 0.15) is 32.6 Å². The fourth-order valence-electron chi connectivity index (χ4n) is 3.10. The van der Waals surface area contributed by atoms with Gasteiger partial charge in [-0.25, -0.2) is 8.42 Å². The smallest absolute Gasteiger partial charge is 0.157 e. The van der Waals surface area contributed by atoms with Crippen LogP contribution in [-0.2, 0) is 9.84 Å². The molecule has 0 spiro atoms. The highest BCUT2D eigenvalue weighted by atomic mass is 32.2. The summed E-state index contributed by atoms with van der Waals surface area (Å²) in [5.74, 6) is 0.279. The summed E-state index contributed by atoms with van der Waals surface area (Å²) in [6.07, 6.45) is 4.00. The van der Waals surface area contributed by atoms with Crippen LogP contribution in [0.5, 0.6) is 0 Å². The van der Waals surface area contributed by atoms with Crippen LogP contribution < -0.4 is 5.32 Å². The number of piperidine rings is 1. The Morgan fingerprint density at radius 1 is 1.18 bits per heavy atom. The third-order valence-corrected chi connectivity index (χ3v) is 6.88. The van der Waals surface area contributed by atoms with Crippen molar-refractivity contribution in [2.24, 2.45) is 0 Å². The molecule has 4 nitrogen and oxygen atoms in total. The van der Waals surface area contributed by atoms with Crippen LogP contribution in [0.2, 0.25) is 0 Å². The molecule has 17 heavy (non-hydrogen) atoms. The number of sulfone groups is 1. The quantitative estimate of drug-likeness (QED) is 0.806. The van der Waals surface area contributed by atoms with E-state index in [2.05, 4.69) is 10.2 Å². The van der Waals surface area contributed by atoms with E-state index in [1.807, 2.05) is 0 Å².